The van der Waals surface area contributed by atoms with Gasteiger partial charge in [0.05, 0.1) is 24.5 Å². The Hall–Kier alpha value is -1.77. The molecule has 0 spiro atoms. The van der Waals surface area contributed by atoms with Crippen molar-refractivity contribution in [2.45, 2.75) is 165 Å². The SMILES string of the molecule is CC(C)C[C@@H](CO)NC[C@H](O)C12CC[C@]3(C)[C@H](CC[C@@H]4[C@@]5(C)CC[C@H](OC(=O)CC(C)(C)C(=O)O)C(C)(C)[C@@H]5CC[C@]43C)C1=C(C(C)C)C(=O)C2. The molecule has 8 nitrogen and oxygen atoms in total. The second-order valence-corrected chi connectivity index (χ2v) is 20.5. The third kappa shape index (κ3) is 6.47. The van der Waals surface area contributed by atoms with Crippen LogP contribution in [0, 0.1) is 62.1 Å². The number of nitrogens with one attached hydrogen (secondary N) is 1. The molecule has 51 heavy (non-hydrogen) atoms. The molecule has 0 aromatic carbocycles. The van der Waals surface area contributed by atoms with Crippen molar-refractivity contribution in [3.63, 3.8) is 0 Å². The van der Waals surface area contributed by atoms with Crippen molar-refractivity contribution in [2.24, 2.45) is 62.1 Å². The molecule has 0 amide bonds. The van der Waals surface area contributed by atoms with E-state index in [1.165, 1.54) is 5.57 Å². The van der Waals surface area contributed by atoms with E-state index in [0.717, 1.165) is 63.4 Å². The zero-order valence-electron chi connectivity index (χ0n) is 33.8. The fourth-order valence-electron chi connectivity index (χ4n) is 13.2. The van der Waals surface area contributed by atoms with Gasteiger partial charge in [-0.3, -0.25) is 14.4 Å². The van der Waals surface area contributed by atoms with Crippen LogP contribution in [0.5, 0.6) is 0 Å². The predicted octanol–water partition coefficient (Wildman–Crippen LogP) is 7.74. The molecule has 0 aliphatic heterocycles. The number of hydrogen-bond acceptors (Lipinski definition) is 7. The first-order chi connectivity index (χ1) is 23.5. The molecule has 5 aliphatic carbocycles. The molecule has 8 heteroatoms. The highest BCUT2D eigenvalue weighted by Crippen LogP contribution is 2.77. The highest BCUT2D eigenvalue weighted by molar-refractivity contribution is 6.00. The number of hydrogen-bond donors (Lipinski definition) is 4. The van der Waals surface area contributed by atoms with Crippen LogP contribution in [0.2, 0.25) is 0 Å². The second kappa shape index (κ2) is 13.8. The maximum absolute atomic E-state index is 14.0. The molecule has 5 aliphatic rings. The number of ether oxygens (including phenoxy) is 1. The normalized spacial score (nSPS) is 38.8. The number of aliphatic hydroxyl groups is 2. The first-order valence-corrected chi connectivity index (χ1v) is 20.2. The number of aliphatic hydroxyl groups excluding tert-OH is 2. The van der Waals surface area contributed by atoms with Gasteiger partial charge in [0.2, 0.25) is 0 Å². The molecule has 0 saturated heterocycles. The van der Waals surface area contributed by atoms with Gasteiger partial charge in [-0.25, -0.2) is 0 Å². The van der Waals surface area contributed by atoms with E-state index in [9.17, 15) is 29.7 Å². The Morgan fingerprint density at radius 1 is 0.922 bits per heavy atom. The van der Waals surface area contributed by atoms with Crippen LogP contribution in [0.25, 0.3) is 0 Å². The molecule has 290 valence electrons. The number of allylic oxidation sites excluding steroid dienone is 1. The van der Waals surface area contributed by atoms with E-state index in [2.05, 4.69) is 67.6 Å². The van der Waals surface area contributed by atoms with Gasteiger partial charge in [0.15, 0.2) is 5.78 Å². The topological polar surface area (TPSA) is 133 Å². The molecular formula is C43H71NO7. The Morgan fingerprint density at radius 2 is 1.59 bits per heavy atom. The predicted molar refractivity (Wildman–Crippen MR) is 200 cm³/mol. The average Bonchev–Trinajstić information content (AvgIpc) is 3.33. The summed E-state index contributed by atoms with van der Waals surface area (Å²) in [6, 6.07) is -0.0799. The number of carboxylic acids is 1. The zero-order valence-corrected chi connectivity index (χ0v) is 33.8. The Bertz CT molecular complexity index is 1400. The lowest BCUT2D eigenvalue weighted by Gasteiger charge is -2.72. The van der Waals surface area contributed by atoms with Gasteiger partial charge >= 0.3 is 11.9 Å². The van der Waals surface area contributed by atoms with E-state index >= 15 is 0 Å². The summed E-state index contributed by atoms with van der Waals surface area (Å²) in [5.41, 5.74) is 0.339. The van der Waals surface area contributed by atoms with Crippen molar-refractivity contribution in [3.8, 4) is 0 Å². The summed E-state index contributed by atoms with van der Waals surface area (Å²) in [5.74, 6) is 0.402. The van der Waals surface area contributed by atoms with E-state index < -0.39 is 28.9 Å². The minimum Gasteiger partial charge on any atom is -0.481 e. The lowest BCUT2D eigenvalue weighted by Crippen LogP contribution is -2.66. The van der Waals surface area contributed by atoms with Crippen molar-refractivity contribution in [1.29, 1.82) is 0 Å². The molecule has 0 aromatic rings. The van der Waals surface area contributed by atoms with Crippen LogP contribution in [-0.2, 0) is 19.1 Å². The second-order valence-electron chi connectivity index (χ2n) is 20.5. The fourth-order valence-corrected chi connectivity index (χ4v) is 13.2. The monoisotopic (exact) mass is 714 g/mol. The number of esters is 1. The number of carbonyl (C=O) groups excluding carboxylic acids is 2. The standard InChI is InChI=1S/C43H71NO7/c1-25(2)20-27(24-45)44-23-32(47)43-19-18-41(10)28(36(43)35(26(3)4)29(46)21-43)12-13-31-40(9)16-15-33(51-34(48)22-38(5,6)37(49)50)39(7,8)30(40)14-17-42(31,41)11/h25-28,30-33,44-45,47H,12-24H2,1-11H3,(H,49,50)/t27-,28+,30-,31+,32-,33-,40-,41+,42+,43?/m0/s1. The smallest absolute Gasteiger partial charge is 0.309 e. The van der Waals surface area contributed by atoms with E-state index in [1.54, 1.807) is 13.8 Å². The van der Waals surface area contributed by atoms with Crippen LogP contribution < -0.4 is 5.32 Å². The van der Waals surface area contributed by atoms with Crippen molar-refractivity contribution in [3.05, 3.63) is 11.1 Å². The minimum atomic E-state index is -1.17. The molecular weight excluding hydrogens is 642 g/mol. The van der Waals surface area contributed by atoms with Crippen LogP contribution in [0.4, 0.5) is 0 Å². The van der Waals surface area contributed by atoms with Gasteiger partial charge in [-0.05, 0) is 123 Å². The quantitative estimate of drug-likeness (QED) is 0.151. The van der Waals surface area contributed by atoms with Gasteiger partial charge in [-0.2, -0.15) is 0 Å². The Morgan fingerprint density at radius 3 is 2.18 bits per heavy atom. The number of rotatable bonds is 12. The summed E-state index contributed by atoms with van der Waals surface area (Å²) >= 11 is 0. The largest absolute Gasteiger partial charge is 0.481 e. The van der Waals surface area contributed by atoms with Crippen molar-refractivity contribution < 1.29 is 34.4 Å². The van der Waals surface area contributed by atoms with Gasteiger partial charge in [0.25, 0.3) is 0 Å². The maximum atomic E-state index is 14.0. The number of carbonyl (C=O) groups is 3. The Kier molecular flexibility index (Phi) is 11.0. The number of carboxylic acid groups (broad SMARTS) is 1. The summed E-state index contributed by atoms with van der Waals surface area (Å²) < 4.78 is 6.16. The highest BCUT2D eigenvalue weighted by atomic mass is 16.5. The van der Waals surface area contributed by atoms with Crippen molar-refractivity contribution in [1.82, 2.24) is 5.32 Å². The van der Waals surface area contributed by atoms with Gasteiger partial charge in [-0.1, -0.05) is 67.9 Å². The molecule has 0 radical (unpaired) electrons. The summed E-state index contributed by atoms with van der Waals surface area (Å²) in [6.07, 6.45) is 7.85. The number of Topliss-reactive ketones (excluding diaryl/α,β-unsaturated/α-hetero) is 1. The van der Waals surface area contributed by atoms with Crippen molar-refractivity contribution in [2.75, 3.05) is 13.2 Å². The summed E-state index contributed by atoms with van der Waals surface area (Å²) in [6.45, 7) is 24.2. The third-order valence-corrected chi connectivity index (χ3v) is 16.1. The summed E-state index contributed by atoms with van der Waals surface area (Å²) in [4.78, 5) is 38.8. The van der Waals surface area contributed by atoms with Crippen LogP contribution in [-0.4, -0.2) is 64.4 Å². The van der Waals surface area contributed by atoms with E-state index in [1.807, 2.05) is 0 Å². The van der Waals surface area contributed by atoms with Crippen LogP contribution >= 0.6 is 0 Å². The Labute approximate surface area is 308 Å². The maximum Gasteiger partial charge on any atom is 0.309 e. The van der Waals surface area contributed by atoms with Gasteiger partial charge in [-0.15, -0.1) is 0 Å². The molecule has 0 heterocycles. The number of ketones is 1. The minimum absolute atomic E-state index is 0.0260. The molecule has 5 rings (SSSR count). The fraction of sp³-hybridized carbons (Fsp3) is 0.884. The van der Waals surface area contributed by atoms with E-state index in [4.69, 9.17) is 4.74 Å². The summed E-state index contributed by atoms with van der Waals surface area (Å²) in [5, 5.41) is 35.3. The molecule has 4 fully saturated rings. The van der Waals surface area contributed by atoms with Crippen molar-refractivity contribution >= 4 is 17.7 Å². The number of aliphatic carboxylic acids is 1. The van der Waals surface area contributed by atoms with Crippen LogP contribution in [0.1, 0.15) is 147 Å². The lowest BCUT2D eigenvalue weighted by molar-refractivity contribution is -0.235. The molecule has 0 bridgehead atoms. The first kappa shape index (κ1) is 40.4. The highest BCUT2D eigenvalue weighted by Gasteiger charge is 2.70. The molecule has 1 unspecified atom stereocenters. The zero-order chi connectivity index (χ0) is 38.1. The average molecular weight is 714 g/mol. The van der Waals surface area contributed by atoms with Crippen LogP contribution in [0.15, 0.2) is 11.1 Å². The molecule has 0 aromatic heterocycles. The first-order valence-electron chi connectivity index (χ1n) is 20.2. The number of fused-ring (bicyclic) bond motifs is 7. The van der Waals surface area contributed by atoms with Gasteiger partial charge in [0, 0.05) is 29.8 Å². The van der Waals surface area contributed by atoms with E-state index in [0.29, 0.717) is 30.7 Å². The molecule has 4 saturated carbocycles. The van der Waals surface area contributed by atoms with Crippen LogP contribution in [0.3, 0.4) is 0 Å². The van der Waals surface area contributed by atoms with E-state index in [-0.39, 0.29) is 64.5 Å². The molecule has 10 atom stereocenters. The summed E-state index contributed by atoms with van der Waals surface area (Å²) in [7, 11) is 0. The molecule has 4 N–H and O–H groups in total. The lowest BCUT2D eigenvalue weighted by atomic mass is 9.33. The third-order valence-electron chi connectivity index (χ3n) is 16.1. The Balaban J connectivity index is 1.43. The van der Waals surface area contributed by atoms with Gasteiger partial charge in [0.1, 0.15) is 6.10 Å². The van der Waals surface area contributed by atoms with Gasteiger partial charge < -0.3 is 25.4 Å².